The Labute approximate surface area is 150 Å². The third-order valence-electron chi connectivity index (χ3n) is 3.71. The summed E-state index contributed by atoms with van der Waals surface area (Å²) in [6, 6.07) is 0. The molecule has 0 radical (unpaired) electrons. The maximum Gasteiger partial charge on any atom is 0.335 e. The summed E-state index contributed by atoms with van der Waals surface area (Å²) in [7, 11) is 0. The Hall–Kier alpha value is -1.85. The lowest BCUT2D eigenvalue weighted by Gasteiger charge is -2.42. The fourth-order valence-corrected chi connectivity index (χ4v) is 2.90. The average molecular weight is 356 g/mol. The molecule has 2 unspecified atom stereocenters. The van der Waals surface area contributed by atoms with E-state index in [1.54, 1.807) is 62.3 Å². The highest BCUT2D eigenvalue weighted by Crippen LogP contribution is 2.46. The smallest absolute Gasteiger partial charge is 0.335 e. The van der Waals surface area contributed by atoms with Crippen molar-refractivity contribution in [3.63, 3.8) is 0 Å². The first-order chi connectivity index (χ1) is 10.9. The summed E-state index contributed by atoms with van der Waals surface area (Å²) >= 11 is 0. The van der Waals surface area contributed by atoms with E-state index in [4.69, 9.17) is 4.74 Å². The molecule has 0 heterocycles. The molecule has 0 amide bonds. The van der Waals surface area contributed by atoms with E-state index in [0.29, 0.717) is 0 Å². The first-order valence-corrected chi connectivity index (χ1v) is 8.28. The maximum absolute atomic E-state index is 12.7. The number of hydrogen-bond acceptors (Lipinski definition) is 4. The van der Waals surface area contributed by atoms with Crippen molar-refractivity contribution in [3.8, 4) is 0 Å². The van der Waals surface area contributed by atoms with Crippen LogP contribution in [0.1, 0.15) is 62.3 Å². The molecule has 0 saturated carbocycles. The van der Waals surface area contributed by atoms with Gasteiger partial charge in [0.2, 0.25) is 0 Å². The zero-order chi connectivity index (χ0) is 20.4. The summed E-state index contributed by atoms with van der Waals surface area (Å²) in [6.07, 6.45) is 0.783. The molecule has 0 aromatic heterocycles. The summed E-state index contributed by atoms with van der Waals surface area (Å²) in [5.74, 6) is -4.99. The Balaban J connectivity index is 6.47. The molecule has 0 aliphatic heterocycles. The van der Waals surface area contributed by atoms with Gasteiger partial charge in [-0.15, -0.1) is 0 Å². The van der Waals surface area contributed by atoms with E-state index in [-0.39, 0.29) is 5.57 Å². The molecule has 144 valence electrons. The first-order valence-electron chi connectivity index (χ1n) is 8.28. The molecule has 0 aromatic carbocycles. The second kappa shape index (κ2) is 7.58. The Morgan fingerprint density at radius 2 is 1.20 bits per heavy atom. The summed E-state index contributed by atoms with van der Waals surface area (Å²) < 4.78 is 5.36. The van der Waals surface area contributed by atoms with Crippen LogP contribution in [0.3, 0.4) is 0 Å². The van der Waals surface area contributed by atoms with E-state index < -0.39 is 46.2 Å². The van der Waals surface area contributed by atoms with Gasteiger partial charge in [-0.3, -0.25) is 4.79 Å². The third kappa shape index (κ3) is 7.28. The van der Waals surface area contributed by atoms with Crippen molar-refractivity contribution in [3.05, 3.63) is 11.6 Å². The molecule has 0 spiro atoms. The fourth-order valence-electron chi connectivity index (χ4n) is 2.90. The minimum atomic E-state index is -1.31. The molecule has 0 saturated heterocycles. The van der Waals surface area contributed by atoms with Gasteiger partial charge in [-0.05, 0) is 31.6 Å². The number of rotatable bonds is 5. The highest BCUT2D eigenvalue weighted by atomic mass is 16.6. The highest BCUT2D eigenvalue weighted by Gasteiger charge is 2.47. The normalized spacial score (nSPS) is 16.1. The zero-order valence-corrected chi connectivity index (χ0v) is 16.8. The van der Waals surface area contributed by atoms with E-state index in [1.807, 2.05) is 0 Å². The van der Waals surface area contributed by atoms with Crippen LogP contribution in [0.15, 0.2) is 11.6 Å². The quantitative estimate of drug-likeness (QED) is 0.575. The minimum absolute atomic E-state index is 0.128. The predicted molar refractivity (Wildman–Crippen MR) is 95.1 cm³/mol. The molecule has 2 atom stereocenters. The number of carbonyl (C=O) groups excluding carboxylic acids is 1. The van der Waals surface area contributed by atoms with Gasteiger partial charge < -0.3 is 14.9 Å². The van der Waals surface area contributed by atoms with Crippen molar-refractivity contribution in [2.45, 2.75) is 67.9 Å². The lowest BCUT2D eigenvalue weighted by molar-refractivity contribution is -0.155. The van der Waals surface area contributed by atoms with Crippen molar-refractivity contribution in [1.82, 2.24) is 0 Å². The second-order valence-corrected chi connectivity index (χ2v) is 9.47. The molecule has 0 fully saturated rings. The summed E-state index contributed by atoms with van der Waals surface area (Å²) in [5, 5.41) is 19.1. The summed E-state index contributed by atoms with van der Waals surface area (Å²) in [6.45, 7) is 15.7. The zero-order valence-electron chi connectivity index (χ0n) is 16.8. The SMILES string of the molecule is CC(C)(C)OC(=O)/C(=C/C(=O)O)C(C(C(=O)O)C(C)(C)C)C(C)(C)C. The molecule has 0 aliphatic rings. The van der Waals surface area contributed by atoms with Crippen LogP contribution >= 0.6 is 0 Å². The summed E-state index contributed by atoms with van der Waals surface area (Å²) in [4.78, 5) is 36.0. The van der Waals surface area contributed by atoms with E-state index in [2.05, 4.69) is 0 Å². The van der Waals surface area contributed by atoms with Crippen LogP contribution in [-0.4, -0.2) is 33.7 Å². The number of hydrogen-bond donors (Lipinski definition) is 2. The number of ether oxygens (including phenoxy) is 1. The average Bonchev–Trinajstić information content (AvgIpc) is 2.26. The number of carbonyl (C=O) groups is 3. The molecule has 0 bridgehead atoms. The Morgan fingerprint density at radius 1 is 0.800 bits per heavy atom. The Kier molecular flexibility index (Phi) is 7.02. The van der Waals surface area contributed by atoms with E-state index >= 15 is 0 Å². The number of carboxylic acids is 2. The Bertz CT molecular complexity index is 552. The van der Waals surface area contributed by atoms with Crippen LogP contribution in [-0.2, 0) is 19.1 Å². The van der Waals surface area contributed by atoms with Gasteiger partial charge in [-0.1, -0.05) is 41.5 Å². The maximum atomic E-state index is 12.7. The monoisotopic (exact) mass is 356 g/mol. The molecule has 0 aliphatic carbocycles. The molecule has 6 heteroatoms. The molecule has 0 rings (SSSR count). The predicted octanol–water partition coefficient (Wildman–Crippen LogP) is 3.75. The van der Waals surface area contributed by atoms with Crippen molar-refractivity contribution in [2.24, 2.45) is 22.7 Å². The van der Waals surface area contributed by atoms with Crippen LogP contribution in [0.5, 0.6) is 0 Å². The van der Waals surface area contributed by atoms with Gasteiger partial charge in [0.05, 0.1) is 5.92 Å². The first kappa shape index (κ1) is 23.1. The van der Waals surface area contributed by atoms with Gasteiger partial charge in [-0.2, -0.15) is 0 Å². The van der Waals surface area contributed by atoms with Crippen molar-refractivity contribution in [2.75, 3.05) is 0 Å². The van der Waals surface area contributed by atoms with Gasteiger partial charge >= 0.3 is 17.9 Å². The second-order valence-electron chi connectivity index (χ2n) is 9.47. The largest absolute Gasteiger partial charge is 0.481 e. The molecular weight excluding hydrogens is 324 g/mol. The molecule has 2 N–H and O–H groups in total. The van der Waals surface area contributed by atoms with Gasteiger partial charge in [0.15, 0.2) is 0 Å². The number of carboxylic acid groups (broad SMARTS) is 2. The van der Waals surface area contributed by atoms with Crippen LogP contribution < -0.4 is 0 Å². The third-order valence-corrected chi connectivity index (χ3v) is 3.71. The summed E-state index contributed by atoms with van der Waals surface area (Å²) in [5.41, 5.74) is -2.31. The van der Waals surface area contributed by atoms with E-state index in [9.17, 15) is 24.6 Å². The van der Waals surface area contributed by atoms with Gasteiger partial charge in [0.25, 0.3) is 0 Å². The van der Waals surface area contributed by atoms with Gasteiger partial charge in [-0.25, -0.2) is 9.59 Å². The molecule has 0 aromatic rings. The van der Waals surface area contributed by atoms with E-state index in [0.717, 1.165) is 6.08 Å². The topological polar surface area (TPSA) is 101 Å². The van der Waals surface area contributed by atoms with Crippen LogP contribution in [0.4, 0.5) is 0 Å². The van der Waals surface area contributed by atoms with Crippen LogP contribution in [0, 0.1) is 22.7 Å². The van der Waals surface area contributed by atoms with Gasteiger partial charge in [0, 0.05) is 17.6 Å². The Morgan fingerprint density at radius 3 is 1.44 bits per heavy atom. The fraction of sp³-hybridized carbons (Fsp3) is 0.737. The lowest BCUT2D eigenvalue weighted by Crippen LogP contribution is -2.44. The van der Waals surface area contributed by atoms with Crippen LogP contribution in [0.2, 0.25) is 0 Å². The number of esters is 1. The number of aliphatic carboxylic acids is 2. The van der Waals surface area contributed by atoms with Crippen LogP contribution in [0.25, 0.3) is 0 Å². The molecule has 25 heavy (non-hydrogen) atoms. The standard InChI is InChI=1S/C19H32O6/c1-17(2,3)13(14(15(22)23)18(4,5)6)11(10-12(20)21)16(24)25-19(7,8)9/h10,13-14H,1-9H3,(H,20,21)(H,22,23)/b11-10+. The lowest BCUT2D eigenvalue weighted by atomic mass is 9.61. The van der Waals surface area contributed by atoms with Gasteiger partial charge in [0.1, 0.15) is 5.60 Å². The van der Waals surface area contributed by atoms with Crippen molar-refractivity contribution < 1.29 is 29.3 Å². The van der Waals surface area contributed by atoms with E-state index in [1.165, 1.54) is 0 Å². The van der Waals surface area contributed by atoms with Crippen molar-refractivity contribution in [1.29, 1.82) is 0 Å². The molecular formula is C19H32O6. The highest BCUT2D eigenvalue weighted by molar-refractivity contribution is 5.97. The van der Waals surface area contributed by atoms with Crippen molar-refractivity contribution >= 4 is 17.9 Å². The molecule has 6 nitrogen and oxygen atoms in total. The minimum Gasteiger partial charge on any atom is -0.481 e.